The van der Waals surface area contributed by atoms with Gasteiger partial charge in [0.1, 0.15) is 0 Å². The first-order chi connectivity index (χ1) is 11.6. The minimum Gasteiger partial charge on any atom is -0.351 e. The van der Waals surface area contributed by atoms with E-state index in [1.54, 1.807) is 0 Å². The molecule has 5 nitrogen and oxygen atoms in total. The summed E-state index contributed by atoms with van der Waals surface area (Å²) >= 11 is 0. The van der Waals surface area contributed by atoms with Crippen LogP contribution in [-0.4, -0.2) is 29.9 Å². The van der Waals surface area contributed by atoms with Crippen LogP contribution in [0.2, 0.25) is 0 Å². The van der Waals surface area contributed by atoms with Gasteiger partial charge in [-0.25, -0.2) is 4.79 Å². The molecule has 1 aliphatic heterocycles. The summed E-state index contributed by atoms with van der Waals surface area (Å²) in [5.74, 6) is -0.270. The molecule has 0 saturated carbocycles. The standard InChI is InChI=1S/C19H21N3O2/c20-19(24)22-12-4-7-16(13-22)18(23)21-17-10-8-15(9-11-17)14-5-2-1-3-6-14/h1-3,5-6,8-11,16H,4,7,12-13H2,(H2,20,24)(H,21,23)/t16-/m1/s1. The molecule has 0 bridgehead atoms. The van der Waals surface area contributed by atoms with Gasteiger partial charge >= 0.3 is 6.03 Å². The molecule has 3 rings (SSSR count). The molecule has 5 heteroatoms. The number of benzene rings is 2. The third kappa shape index (κ3) is 3.74. The third-order valence-corrected chi connectivity index (χ3v) is 4.36. The summed E-state index contributed by atoms with van der Waals surface area (Å²) in [6.07, 6.45) is 1.58. The second kappa shape index (κ2) is 7.17. The first-order valence-electron chi connectivity index (χ1n) is 8.14. The van der Waals surface area contributed by atoms with Crippen molar-refractivity contribution in [1.82, 2.24) is 4.90 Å². The van der Waals surface area contributed by atoms with Crippen molar-refractivity contribution < 1.29 is 9.59 Å². The van der Waals surface area contributed by atoms with Crippen LogP contribution < -0.4 is 11.1 Å². The number of hydrogen-bond donors (Lipinski definition) is 2. The number of amides is 3. The molecule has 2 aromatic carbocycles. The highest BCUT2D eigenvalue weighted by Crippen LogP contribution is 2.22. The highest BCUT2D eigenvalue weighted by atomic mass is 16.2. The van der Waals surface area contributed by atoms with E-state index in [1.807, 2.05) is 54.6 Å². The van der Waals surface area contributed by atoms with E-state index in [0.717, 1.165) is 29.7 Å². The van der Waals surface area contributed by atoms with Gasteiger partial charge in [0, 0.05) is 18.8 Å². The summed E-state index contributed by atoms with van der Waals surface area (Å²) in [6, 6.07) is 17.4. The van der Waals surface area contributed by atoms with E-state index in [-0.39, 0.29) is 11.8 Å². The first kappa shape index (κ1) is 16.1. The summed E-state index contributed by atoms with van der Waals surface area (Å²) in [5, 5.41) is 2.93. The average molecular weight is 323 g/mol. The van der Waals surface area contributed by atoms with E-state index < -0.39 is 6.03 Å². The Morgan fingerprint density at radius 1 is 1.00 bits per heavy atom. The maximum Gasteiger partial charge on any atom is 0.314 e. The highest BCUT2D eigenvalue weighted by Gasteiger charge is 2.27. The predicted molar refractivity (Wildman–Crippen MR) is 94.4 cm³/mol. The SMILES string of the molecule is NC(=O)N1CCC[C@@H](C(=O)Nc2ccc(-c3ccccc3)cc2)C1. The second-order valence-electron chi connectivity index (χ2n) is 6.06. The number of carbonyl (C=O) groups excluding carboxylic acids is 2. The van der Waals surface area contributed by atoms with Crippen LogP contribution >= 0.6 is 0 Å². The van der Waals surface area contributed by atoms with Crippen molar-refractivity contribution in [2.45, 2.75) is 12.8 Å². The van der Waals surface area contributed by atoms with Gasteiger partial charge in [0.05, 0.1) is 5.92 Å². The van der Waals surface area contributed by atoms with Gasteiger partial charge in [0.15, 0.2) is 0 Å². The molecule has 1 aliphatic rings. The Bertz CT molecular complexity index is 713. The van der Waals surface area contributed by atoms with Crippen LogP contribution in [0.5, 0.6) is 0 Å². The molecule has 2 aromatic rings. The van der Waals surface area contributed by atoms with E-state index >= 15 is 0 Å². The number of primary amides is 1. The maximum atomic E-state index is 12.4. The Morgan fingerprint density at radius 3 is 2.33 bits per heavy atom. The van der Waals surface area contributed by atoms with E-state index in [1.165, 1.54) is 4.90 Å². The lowest BCUT2D eigenvalue weighted by Crippen LogP contribution is -2.46. The molecule has 1 heterocycles. The van der Waals surface area contributed by atoms with Crippen molar-refractivity contribution in [3.63, 3.8) is 0 Å². The maximum absolute atomic E-state index is 12.4. The molecule has 24 heavy (non-hydrogen) atoms. The second-order valence-corrected chi connectivity index (χ2v) is 6.06. The molecule has 0 spiro atoms. The Balaban J connectivity index is 1.63. The normalized spacial score (nSPS) is 17.3. The van der Waals surface area contributed by atoms with E-state index in [9.17, 15) is 9.59 Å². The van der Waals surface area contributed by atoms with Crippen LogP contribution in [-0.2, 0) is 4.79 Å². The lowest BCUT2D eigenvalue weighted by molar-refractivity contribution is -0.121. The van der Waals surface area contributed by atoms with Gasteiger partial charge in [-0.15, -0.1) is 0 Å². The predicted octanol–water partition coefficient (Wildman–Crippen LogP) is 3.08. The van der Waals surface area contributed by atoms with Gasteiger partial charge in [0.2, 0.25) is 5.91 Å². The first-order valence-corrected chi connectivity index (χ1v) is 8.14. The molecule has 0 radical (unpaired) electrons. The fraction of sp³-hybridized carbons (Fsp3) is 0.263. The van der Waals surface area contributed by atoms with E-state index in [2.05, 4.69) is 5.32 Å². The monoisotopic (exact) mass is 323 g/mol. The number of rotatable bonds is 3. The van der Waals surface area contributed by atoms with Crippen molar-refractivity contribution in [2.24, 2.45) is 11.7 Å². The Morgan fingerprint density at radius 2 is 1.67 bits per heavy atom. The van der Waals surface area contributed by atoms with Crippen molar-refractivity contribution in [2.75, 3.05) is 18.4 Å². The number of nitrogens with two attached hydrogens (primary N) is 1. The van der Waals surface area contributed by atoms with Crippen LogP contribution in [0, 0.1) is 5.92 Å². The molecule has 1 saturated heterocycles. The number of carbonyl (C=O) groups is 2. The zero-order valence-corrected chi connectivity index (χ0v) is 13.4. The summed E-state index contributed by atoms with van der Waals surface area (Å²) in [4.78, 5) is 25.2. The smallest absolute Gasteiger partial charge is 0.314 e. The molecule has 0 unspecified atom stereocenters. The molecule has 3 N–H and O–H groups in total. The molecular formula is C19H21N3O2. The number of nitrogens with one attached hydrogen (secondary N) is 1. The average Bonchev–Trinajstić information content (AvgIpc) is 2.63. The lowest BCUT2D eigenvalue weighted by Gasteiger charge is -2.30. The van der Waals surface area contributed by atoms with Crippen LogP contribution in [0.4, 0.5) is 10.5 Å². The van der Waals surface area contributed by atoms with E-state index in [0.29, 0.717) is 13.1 Å². The molecular weight excluding hydrogens is 302 g/mol. The zero-order chi connectivity index (χ0) is 16.9. The molecule has 1 atom stereocenters. The number of nitrogens with zero attached hydrogens (tertiary/aromatic N) is 1. The Hall–Kier alpha value is -2.82. The van der Waals surface area contributed by atoms with E-state index in [4.69, 9.17) is 5.73 Å². The number of hydrogen-bond acceptors (Lipinski definition) is 2. The summed E-state index contributed by atoms with van der Waals surface area (Å²) < 4.78 is 0. The summed E-state index contributed by atoms with van der Waals surface area (Å²) in [6.45, 7) is 1.02. The van der Waals surface area contributed by atoms with Crippen molar-refractivity contribution in [1.29, 1.82) is 0 Å². The van der Waals surface area contributed by atoms with Gasteiger partial charge in [-0.3, -0.25) is 4.79 Å². The fourth-order valence-corrected chi connectivity index (χ4v) is 3.01. The molecule has 0 aliphatic carbocycles. The molecule has 0 aromatic heterocycles. The Kier molecular flexibility index (Phi) is 4.79. The quantitative estimate of drug-likeness (QED) is 0.911. The summed E-state index contributed by atoms with van der Waals surface area (Å²) in [7, 11) is 0. The minimum atomic E-state index is -0.459. The number of piperidine rings is 1. The van der Waals surface area contributed by atoms with Crippen LogP contribution in [0.15, 0.2) is 54.6 Å². The van der Waals surface area contributed by atoms with Crippen LogP contribution in [0.1, 0.15) is 12.8 Å². The lowest BCUT2D eigenvalue weighted by atomic mass is 9.97. The largest absolute Gasteiger partial charge is 0.351 e. The third-order valence-electron chi connectivity index (χ3n) is 4.36. The van der Waals surface area contributed by atoms with Crippen molar-refractivity contribution >= 4 is 17.6 Å². The van der Waals surface area contributed by atoms with Gasteiger partial charge < -0.3 is 16.0 Å². The topological polar surface area (TPSA) is 75.4 Å². The number of anilines is 1. The minimum absolute atomic E-state index is 0.0617. The molecule has 124 valence electrons. The zero-order valence-electron chi connectivity index (χ0n) is 13.4. The van der Waals surface area contributed by atoms with Gasteiger partial charge in [-0.1, -0.05) is 42.5 Å². The van der Waals surface area contributed by atoms with Crippen molar-refractivity contribution in [3.05, 3.63) is 54.6 Å². The van der Waals surface area contributed by atoms with Crippen LogP contribution in [0.25, 0.3) is 11.1 Å². The molecule has 3 amide bonds. The van der Waals surface area contributed by atoms with Crippen molar-refractivity contribution in [3.8, 4) is 11.1 Å². The van der Waals surface area contributed by atoms with Gasteiger partial charge in [-0.05, 0) is 36.1 Å². The Labute approximate surface area is 141 Å². The molecule has 1 fully saturated rings. The summed E-state index contributed by atoms with van der Waals surface area (Å²) in [5.41, 5.74) is 8.31. The fourth-order valence-electron chi connectivity index (χ4n) is 3.01. The highest BCUT2D eigenvalue weighted by molar-refractivity contribution is 5.93. The van der Waals surface area contributed by atoms with Crippen LogP contribution in [0.3, 0.4) is 0 Å². The van der Waals surface area contributed by atoms with Gasteiger partial charge in [-0.2, -0.15) is 0 Å². The van der Waals surface area contributed by atoms with Gasteiger partial charge in [0.25, 0.3) is 0 Å². The number of urea groups is 1. The number of likely N-dealkylation sites (tertiary alicyclic amines) is 1.